The van der Waals surface area contributed by atoms with E-state index in [1.807, 2.05) is 6.07 Å². The van der Waals surface area contributed by atoms with Gasteiger partial charge < -0.3 is 16.0 Å². The lowest BCUT2D eigenvalue weighted by molar-refractivity contribution is 0.942. The van der Waals surface area contributed by atoms with Crippen LogP contribution >= 0.6 is 12.4 Å². The van der Waals surface area contributed by atoms with Crippen molar-refractivity contribution in [1.82, 2.24) is 10.6 Å². The van der Waals surface area contributed by atoms with Gasteiger partial charge >= 0.3 is 0 Å². The number of guanidine groups is 1. The van der Waals surface area contributed by atoms with Crippen molar-refractivity contribution in [1.29, 1.82) is 0 Å². The van der Waals surface area contributed by atoms with Gasteiger partial charge in [-0.05, 0) is 42.7 Å². The Bertz CT molecular complexity index is 652. The molecule has 0 saturated carbocycles. The smallest absolute Gasteiger partial charge is 0.196 e. The van der Waals surface area contributed by atoms with Gasteiger partial charge in [0.05, 0.1) is 5.69 Å². The van der Waals surface area contributed by atoms with Crippen LogP contribution in [0.2, 0.25) is 0 Å². The van der Waals surface area contributed by atoms with E-state index < -0.39 is 0 Å². The molecule has 0 aliphatic carbocycles. The lowest BCUT2D eigenvalue weighted by Gasteiger charge is -2.12. The third-order valence-corrected chi connectivity index (χ3v) is 3.76. The van der Waals surface area contributed by atoms with E-state index in [2.05, 4.69) is 71.2 Å². The SMILES string of the molecule is Cc1cc(NCc2ccccc2)cc(C)c1N=C1NCCN1.Cl. The van der Waals surface area contributed by atoms with Crippen molar-refractivity contribution < 1.29 is 0 Å². The number of aliphatic imine (C=N–C) groups is 1. The van der Waals surface area contributed by atoms with Crippen molar-refractivity contribution in [2.45, 2.75) is 20.4 Å². The first kappa shape index (κ1) is 17.2. The molecule has 2 aromatic rings. The first-order valence-electron chi connectivity index (χ1n) is 7.68. The van der Waals surface area contributed by atoms with E-state index in [0.29, 0.717) is 0 Å². The quantitative estimate of drug-likeness (QED) is 0.804. The Balaban J connectivity index is 0.00000192. The van der Waals surface area contributed by atoms with Gasteiger partial charge in [-0.15, -0.1) is 12.4 Å². The summed E-state index contributed by atoms with van der Waals surface area (Å²) in [6.07, 6.45) is 0. The molecule has 0 bridgehead atoms. The highest BCUT2D eigenvalue weighted by molar-refractivity contribution is 5.85. The minimum Gasteiger partial charge on any atom is -0.381 e. The zero-order valence-electron chi connectivity index (χ0n) is 13.5. The number of rotatable bonds is 4. The summed E-state index contributed by atoms with van der Waals surface area (Å²) in [4.78, 5) is 4.68. The van der Waals surface area contributed by atoms with Crippen LogP contribution < -0.4 is 16.0 Å². The molecule has 3 N–H and O–H groups in total. The highest BCUT2D eigenvalue weighted by Gasteiger charge is 2.09. The van der Waals surface area contributed by atoms with Gasteiger partial charge in [0.1, 0.15) is 0 Å². The first-order chi connectivity index (χ1) is 10.7. The maximum atomic E-state index is 4.68. The van der Waals surface area contributed by atoms with Gasteiger partial charge in [0.25, 0.3) is 0 Å². The van der Waals surface area contributed by atoms with Crippen LogP contribution in [0.5, 0.6) is 0 Å². The number of nitrogens with one attached hydrogen (secondary N) is 3. The Labute approximate surface area is 143 Å². The molecule has 0 radical (unpaired) electrons. The molecule has 4 nitrogen and oxygen atoms in total. The van der Waals surface area contributed by atoms with Crippen molar-refractivity contribution in [3.63, 3.8) is 0 Å². The van der Waals surface area contributed by atoms with Gasteiger partial charge in [0.15, 0.2) is 5.96 Å². The van der Waals surface area contributed by atoms with Crippen molar-refractivity contribution in [3.8, 4) is 0 Å². The fraction of sp³-hybridized carbons (Fsp3) is 0.278. The van der Waals surface area contributed by atoms with Crippen LogP contribution in [-0.2, 0) is 6.54 Å². The topological polar surface area (TPSA) is 48.5 Å². The molecule has 122 valence electrons. The molecule has 1 saturated heterocycles. The standard InChI is InChI=1S/C18H22N4.ClH/c1-13-10-16(21-12-15-6-4-3-5-7-15)11-14(2)17(13)22-18-19-8-9-20-18;/h3-7,10-11,21H,8-9,12H2,1-2H3,(H2,19,20,22);1H. The van der Waals surface area contributed by atoms with Gasteiger partial charge in [-0.25, -0.2) is 4.99 Å². The number of hydrogen-bond donors (Lipinski definition) is 3. The van der Waals surface area contributed by atoms with Crippen LogP contribution in [0.4, 0.5) is 11.4 Å². The highest BCUT2D eigenvalue weighted by Crippen LogP contribution is 2.28. The fourth-order valence-corrected chi connectivity index (χ4v) is 2.65. The van der Waals surface area contributed by atoms with Crippen molar-refractivity contribution in [2.24, 2.45) is 4.99 Å². The summed E-state index contributed by atoms with van der Waals surface area (Å²) in [6.45, 7) is 6.92. The predicted octanol–water partition coefficient (Wildman–Crippen LogP) is 3.52. The van der Waals surface area contributed by atoms with Gasteiger partial charge in [0.2, 0.25) is 0 Å². The lowest BCUT2D eigenvalue weighted by atomic mass is 10.1. The minimum absolute atomic E-state index is 0. The van der Waals surface area contributed by atoms with Crippen LogP contribution in [-0.4, -0.2) is 19.0 Å². The summed E-state index contributed by atoms with van der Waals surface area (Å²) in [5.41, 5.74) is 5.82. The van der Waals surface area contributed by atoms with E-state index in [1.165, 1.54) is 16.7 Å². The van der Waals surface area contributed by atoms with Gasteiger partial charge in [-0.2, -0.15) is 0 Å². The van der Waals surface area contributed by atoms with Crippen LogP contribution in [0.15, 0.2) is 47.5 Å². The number of anilines is 1. The molecule has 0 atom stereocenters. The Hall–Kier alpha value is -2.20. The molecule has 0 aromatic heterocycles. The van der Waals surface area contributed by atoms with Crippen molar-refractivity contribution in [2.75, 3.05) is 18.4 Å². The third-order valence-electron chi connectivity index (χ3n) is 3.76. The zero-order chi connectivity index (χ0) is 15.4. The van der Waals surface area contributed by atoms with E-state index in [0.717, 1.165) is 37.0 Å². The second-order valence-corrected chi connectivity index (χ2v) is 5.61. The maximum absolute atomic E-state index is 4.68. The predicted molar refractivity (Wildman–Crippen MR) is 100 cm³/mol. The van der Waals surface area contributed by atoms with Crippen molar-refractivity contribution >= 4 is 29.7 Å². The Morgan fingerprint density at radius 3 is 2.22 bits per heavy atom. The average Bonchev–Trinajstić information content (AvgIpc) is 3.03. The van der Waals surface area contributed by atoms with Gasteiger partial charge in [0, 0.05) is 25.3 Å². The molecule has 0 spiro atoms. The summed E-state index contributed by atoms with van der Waals surface area (Å²) in [5.74, 6) is 0.871. The molecule has 5 heteroatoms. The molecular weight excluding hydrogens is 308 g/mol. The van der Waals surface area contributed by atoms with Gasteiger partial charge in [-0.3, -0.25) is 0 Å². The molecular formula is C18H23ClN4. The summed E-state index contributed by atoms with van der Waals surface area (Å²) in [7, 11) is 0. The average molecular weight is 331 g/mol. The summed E-state index contributed by atoms with van der Waals surface area (Å²) in [6, 6.07) is 14.7. The number of nitrogens with zero attached hydrogens (tertiary/aromatic N) is 1. The molecule has 23 heavy (non-hydrogen) atoms. The lowest BCUT2D eigenvalue weighted by Crippen LogP contribution is -2.23. The second kappa shape index (κ2) is 7.88. The largest absolute Gasteiger partial charge is 0.381 e. The molecule has 0 unspecified atom stereocenters. The number of hydrogen-bond acceptors (Lipinski definition) is 2. The van der Waals surface area contributed by atoms with Crippen LogP contribution in [0.3, 0.4) is 0 Å². The molecule has 1 fully saturated rings. The molecule has 2 aromatic carbocycles. The van der Waals surface area contributed by atoms with E-state index >= 15 is 0 Å². The molecule has 1 heterocycles. The summed E-state index contributed by atoms with van der Waals surface area (Å²) < 4.78 is 0. The summed E-state index contributed by atoms with van der Waals surface area (Å²) in [5, 5.41) is 9.97. The number of halogens is 1. The van der Waals surface area contributed by atoms with E-state index in [1.54, 1.807) is 0 Å². The number of aryl methyl sites for hydroxylation is 2. The normalized spacial score (nSPS) is 12.9. The first-order valence-corrected chi connectivity index (χ1v) is 7.68. The second-order valence-electron chi connectivity index (χ2n) is 5.61. The molecule has 0 amide bonds. The van der Waals surface area contributed by atoms with Crippen LogP contribution in [0.25, 0.3) is 0 Å². The third kappa shape index (κ3) is 4.39. The molecule has 3 rings (SSSR count). The van der Waals surface area contributed by atoms with Crippen LogP contribution in [0, 0.1) is 13.8 Å². The monoisotopic (exact) mass is 330 g/mol. The van der Waals surface area contributed by atoms with Gasteiger partial charge in [-0.1, -0.05) is 30.3 Å². The molecule has 1 aliphatic heterocycles. The molecule has 1 aliphatic rings. The summed E-state index contributed by atoms with van der Waals surface area (Å²) >= 11 is 0. The number of benzene rings is 2. The van der Waals surface area contributed by atoms with Crippen LogP contribution in [0.1, 0.15) is 16.7 Å². The minimum atomic E-state index is 0. The van der Waals surface area contributed by atoms with E-state index in [-0.39, 0.29) is 12.4 Å². The Morgan fingerprint density at radius 1 is 1.00 bits per heavy atom. The van der Waals surface area contributed by atoms with Crippen molar-refractivity contribution in [3.05, 3.63) is 59.2 Å². The Kier molecular flexibility index (Phi) is 5.88. The maximum Gasteiger partial charge on any atom is 0.196 e. The fourth-order valence-electron chi connectivity index (χ4n) is 2.65. The zero-order valence-corrected chi connectivity index (χ0v) is 14.3. The van der Waals surface area contributed by atoms with E-state index in [4.69, 9.17) is 0 Å². The Morgan fingerprint density at radius 2 is 1.61 bits per heavy atom. The highest BCUT2D eigenvalue weighted by atomic mass is 35.5. The van der Waals surface area contributed by atoms with E-state index in [9.17, 15) is 0 Å².